The monoisotopic (exact) mass is 306 g/mol. The highest BCUT2D eigenvalue weighted by Gasteiger charge is 2.29. The highest BCUT2D eigenvalue weighted by Crippen LogP contribution is 2.29. The summed E-state index contributed by atoms with van der Waals surface area (Å²) in [6.07, 6.45) is 3.59. The standard InChI is InChI=1S/C18H27FN2O/c1-11-6-5-7-17(13(11)3)20-14(4)18(22)21-15-9-8-12(2)16(19)10-15/h8-11,13-14,17,20H,5-7H2,1-4H3,(H,21,22). The Balaban J connectivity index is 1.92. The molecule has 1 aliphatic rings. The van der Waals surface area contributed by atoms with Crippen molar-refractivity contribution in [1.82, 2.24) is 5.32 Å². The van der Waals surface area contributed by atoms with E-state index in [-0.39, 0.29) is 17.8 Å². The number of nitrogens with one attached hydrogen (secondary N) is 2. The van der Waals surface area contributed by atoms with Gasteiger partial charge < -0.3 is 10.6 Å². The number of amides is 1. The molecule has 2 rings (SSSR count). The van der Waals surface area contributed by atoms with Crippen LogP contribution >= 0.6 is 0 Å². The molecule has 0 aromatic heterocycles. The molecule has 2 N–H and O–H groups in total. The van der Waals surface area contributed by atoms with Gasteiger partial charge in [0.15, 0.2) is 0 Å². The lowest BCUT2D eigenvalue weighted by molar-refractivity contribution is -0.118. The maximum absolute atomic E-state index is 13.5. The van der Waals surface area contributed by atoms with Crippen molar-refractivity contribution in [3.05, 3.63) is 29.6 Å². The van der Waals surface area contributed by atoms with E-state index < -0.39 is 0 Å². The number of hydrogen-bond acceptors (Lipinski definition) is 2. The molecular formula is C18H27FN2O. The van der Waals surface area contributed by atoms with Crippen LogP contribution in [0.5, 0.6) is 0 Å². The summed E-state index contributed by atoms with van der Waals surface area (Å²) in [7, 11) is 0. The molecule has 0 heterocycles. The zero-order chi connectivity index (χ0) is 16.3. The number of rotatable bonds is 4. The Hall–Kier alpha value is -1.42. The van der Waals surface area contributed by atoms with Gasteiger partial charge in [0.25, 0.3) is 0 Å². The van der Waals surface area contributed by atoms with E-state index in [0.717, 1.165) is 6.42 Å². The lowest BCUT2D eigenvalue weighted by atomic mass is 9.78. The van der Waals surface area contributed by atoms with E-state index in [9.17, 15) is 9.18 Å². The van der Waals surface area contributed by atoms with Crippen LogP contribution in [-0.2, 0) is 4.79 Å². The molecule has 4 heteroatoms. The Kier molecular flexibility index (Phi) is 5.57. The number of carbonyl (C=O) groups excluding carboxylic acids is 1. The Morgan fingerprint density at radius 2 is 2.05 bits per heavy atom. The van der Waals surface area contributed by atoms with Gasteiger partial charge in [-0.2, -0.15) is 0 Å². The van der Waals surface area contributed by atoms with Crippen LogP contribution in [0.1, 0.15) is 45.6 Å². The molecule has 1 aromatic rings. The molecule has 4 atom stereocenters. The first-order valence-electron chi connectivity index (χ1n) is 8.21. The van der Waals surface area contributed by atoms with Crippen molar-refractivity contribution in [2.75, 3.05) is 5.32 Å². The summed E-state index contributed by atoms with van der Waals surface area (Å²) in [6.45, 7) is 8.10. The third-order valence-corrected chi connectivity index (χ3v) is 5.00. The number of benzene rings is 1. The normalized spacial score (nSPS) is 26.5. The van der Waals surface area contributed by atoms with Crippen LogP contribution in [0, 0.1) is 24.6 Å². The molecule has 1 amide bonds. The molecule has 0 radical (unpaired) electrons. The van der Waals surface area contributed by atoms with Crippen LogP contribution in [0.15, 0.2) is 18.2 Å². The SMILES string of the molecule is Cc1ccc(NC(=O)C(C)NC2CCCC(C)C2C)cc1F. The number of halogens is 1. The molecule has 0 aliphatic heterocycles. The smallest absolute Gasteiger partial charge is 0.241 e. The molecule has 1 aliphatic carbocycles. The highest BCUT2D eigenvalue weighted by molar-refractivity contribution is 5.94. The number of carbonyl (C=O) groups is 1. The van der Waals surface area contributed by atoms with E-state index in [4.69, 9.17) is 0 Å². The minimum absolute atomic E-state index is 0.117. The highest BCUT2D eigenvalue weighted by atomic mass is 19.1. The lowest BCUT2D eigenvalue weighted by Crippen LogP contribution is -2.49. The summed E-state index contributed by atoms with van der Waals surface area (Å²) in [4.78, 5) is 12.3. The van der Waals surface area contributed by atoms with Crippen LogP contribution in [0.3, 0.4) is 0 Å². The molecule has 1 aromatic carbocycles. The van der Waals surface area contributed by atoms with Crippen molar-refractivity contribution < 1.29 is 9.18 Å². The predicted molar refractivity (Wildman–Crippen MR) is 88.3 cm³/mol. The van der Waals surface area contributed by atoms with Crippen LogP contribution in [0.2, 0.25) is 0 Å². The summed E-state index contributed by atoms with van der Waals surface area (Å²) in [5, 5.41) is 6.22. The summed E-state index contributed by atoms with van der Waals surface area (Å²) >= 11 is 0. The fourth-order valence-corrected chi connectivity index (χ4v) is 3.14. The van der Waals surface area contributed by atoms with Crippen molar-refractivity contribution in [1.29, 1.82) is 0 Å². The van der Waals surface area contributed by atoms with Gasteiger partial charge in [-0.25, -0.2) is 4.39 Å². The van der Waals surface area contributed by atoms with Crippen molar-refractivity contribution in [2.45, 2.75) is 59.0 Å². The second-order valence-corrected chi connectivity index (χ2v) is 6.72. The Labute approximate surface area is 132 Å². The van der Waals surface area contributed by atoms with Crippen LogP contribution < -0.4 is 10.6 Å². The van der Waals surface area contributed by atoms with Crippen LogP contribution in [0.25, 0.3) is 0 Å². The second-order valence-electron chi connectivity index (χ2n) is 6.72. The van der Waals surface area contributed by atoms with E-state index in [0.29, 0.717) is 29.1 Å². The summed E-state index contributed by atoms with van der Waals surface area (Å²) in [5.41, 5.74) is 1.08. The number of aryl methyl sites for hydroxylation is 1. The van der Waals surface area contributed by atoms with Crippen LogP contribution in [0.4, 0.5) is 10.1 Å². The van der Waals surface area contributed by atoms with Crippen molar-refractivity contribution >= 4 is 11.6 Å². The van der Waals surface area contributed by atoms with E-state index >= 15 is 0 Å². The quantitative estimate of drug-likeness (QED) is 0.886. The fraction of sp³-hybridized carbons (Fsp3) is 0.611. The predicted octanol–water partition coefficient (Wildman–Crippen LogP) is 3.88. The molecule has 0 bridgehead atoms. The first-order chi connectivity index (χ1) is 10.4. The molecule has 0 spiro atoms. The summed E-state index contributed by atoms with van der Waals surface area (Å²) < 4.78 is 13.5. The molecule has 1 fully saturated rings. The average Bonchev–Trinajstić information content (AvgIpc) is 2.47. The Bertz CT molecular complexity index is 532. The van der Waals surface area contributed by atoms with E-state index in [1.807, 2.05) is 6.92 Å². The molecular weight excluding hydrogens is 279 g/mol. The summed E-state index contributed by atoms with van der Waals surface area (Å²) in [6, 6.07) is 4.86. The molecule has 4 unspecified atom stereocenters. The van der Waals surface area contributed by atoms with Gasteiger partial charge in [0.1, 0.15) is 5.82 Å². The third-order valence-electron chi connectivity index (χ3n) is 5.00. The van der Waals surface area contributed by atoms with Gasteiger partial charge in [-0.3, -0.25) is 4.79 Å². The number of anilines is 1. The molecule has 3 nitrogen and oxygen atoms in total. The number of hydrogen-bond donors (Lipinski definition) is 2. The average molecular weight is 306 g/mol. The Morgan fingerprint density at radius 3 is 2.73 bits per heavy atom. The van der Waals surface area contributed by atoms with E-state index in [1.165, 1.54) is 18.9 Å². The minimum Gasteiger partial charge on any atom is -0.325 e. The maximum atomic E-state index is 13.5. The Morgan fingerprint density at radius 1 is 1.32 bits per heavy atom. The van der Waals surface area contributed by atoms with Gasteiger partial charge in [-0.05, 0) is 49.8 Å². The van der Waals surface area contributed by atoms with Gasteiger partial charge in [-0.1, -0.05) is 32.8 Å². The largest absolute Gasteiger partial charge is 0.325 e. The summed E-state index contributed by atoms with van der Waals surface area (Å²) in [5.74, 6) is 0.843. The zero-order valence-electron chi connectivity index (χ0n) is 13.9. The van der Waals surface area contributed by atoms with Crippen molar-refractivity contribution in [3.63, 3.8) is 0 Å². The lowest BCUT2D eigenvalue weighted by Gasteiger charge is -2.36. The topological polar surface area (TPSA) is 41.1 Å². The van der Waals surface area contributed by atoms with Gasteiger partial charge in [-0.15, -0.1) is 0 Å². The molecule has 1 saturated carbocycles. The minimum atomic E-state index is -0.298. The van der Waals surface area contributed by atoms with Gasteiger partial charge in [0.2, 0.25) is 5.91 Å². The van der Waals surface area contributed by atoms with E-state index in [1.54, 1.807) is 19.1 Å². The van der Waals surface area contributed by atoms with Crippen molar-refractivity contribution in [2.24, 2.45) is 11.8 Å². The maximum Gasteiger partial charge on any atom is 0.241 e. The van der Waals surface area contributed by atoms with Gasteiger partial charge in [0, 0.05) is 11.7 Å². The zero-order valence-corrected chi connectivity index (χ0v) is 13.9. The fourth-order valence-electron chi connectivity index (χ4n) is 3.14. The van der Waals surface area contributed by atoms with Crippen LogP contribution in [-0.4, -0.2) is 18.0 Å². The molecule has 22 heavy (non-hydrogen) atoms. The van der Waals surface area contributed by atoms with Gasteiger partial charge in [0.05, 0.1) is 6.04 Å². The molecule has 122 valence electrons. The van der Waals surface area contributed by atoms with E-state index in [2.05, 4.69) is 24.5 Å². The van der Waals surface area contributed by atoms with Gasteiger partial charge >= 0.3 is 0 Å². The second kappa shape index (κ2) is 7.23. The molecule has 0 saturated heterocycles. The third kappa shape index (κ3) is 4.07. The first kappa shape index (κ1) is 16.9. The first-order valence-corrected chi connectivity index (χ1v) is 8.21. The van der Waals surface area contributed by atoms with Crippen molar-refractivity contribution in [3.8, 4) is 0 Å².